The third-order valence-electron chi connectivity index (χ3n) is 4.14. The number of ether oxygens (including phenoxy) is 5. The maximum absolute atomic E-state index is 12.4. The fourth-order valence-electron chi connectivity index (χ4n) is 2.66. The largest absolute Gasteiger partial charge is 0.517 e. The van der Waals surface area contributed by atoms with E-state index < -0.39 is 55.4 Å². The van der Waals surface area contributed by atoms with Gasteiger partial charge in [-0.25, -0.2) is 14.5 Å². The Hall–Kier alpha value is -1.87. The maximum atomic E-state index is 12.4. The number of rotatable bonds is 10. The lowest BCUT2D eigenvalue weighted by molar-refractivity contribution is -0.267. The van der Waals surface area contributed by atoms with E-state index in [2.05, 4.69) is 9.47 Å². The van der Waals surface area contributed by atoms with E-state index in [9.17, 15) is 29.7 Å². The van der Waals surface area contributed by atoms with E-state index in [4.69, 9.17) is 19.3 Å². The van der Waals surface area contributed by atoms with Gasteiger partial charge in [0.05, 0.1) is 26.4 Å². The predicted octanol–water partition coefficient (Wildman–Crippen LogP) is -1.65. The van der Waals surface area contributed by atoms with Gasteiger partial charge >= 0.3 is 12.2 Å². The average molecular weight is 439 g/mol. The van der Waals surface area contributed by atoms with Crippen molar-refractivity contribution in [2.24, 2.45) is 0 Å². The van der Waals surface area contributed by atoms with Gasteiger partial charge in [-0.2, -0.15) is 0 Å². The summed E-state index contributed by atoms with van der Waals surface area (Å²) in [5.74, 6) is -0.889. The molecule has 1 aliphatic heterocycles. The highest BCUT2D eigenvalue weighted by Crippen LogP contribution is 2.25. The molecule has 0 aromatic rings. The van der Waals surface area contributed by atoms with Crippen LogP contribution in [0.3, 0.4) is 0 Å². The van der Waals surface area contributed by atoms with Gasteiger partial charge in [0.25, 0.3) is 0 Å². The van der Waals surface area contributed by atoms with Crippen molar-refractivity contribution in [2.75, 3.05) is 40.1 Å². The summed E-state index contributed by atoms with van der Waals surface area (Å²) in [5.41, 5.74) is 0. The Morgan fingerprint density at radius 3 is 2.30 bits per heavy atom. The molecule has 1 saturated heterocycles. The molecule has 174 valence electrons. The lowest BCUT2D eigenvalue weighted by Crippen LogP contribution is -2.66. The SMILES string of the molecule is CCCC(=O)N(C(=O)OC(=O)OCCOCCOC)[C@H]1C(O)O[C@H](CO)[C@@H](O)[C@@H]1O. The van der Waals surface area contributed by atoms with Crippen LogP contribution in [0.15, 0.2) is 0 Å². The van der Waals surface area contributed by atoms with Crippen LogP contribution in [-0.4, -0.2) is 114 Å². The fourth-order valence-corrected chi connectivity index (χ4v) is 2.66. The van der Waals surface area contributed by atoms with Gasteiger partial charge in [0.1, 0.15) is 31.0 Å². The van der Waals surface area contributed by atoms with Crippen LogP contribution in [0.1, 0.15) is 19.8 Å². The molecule has 0 spiro atoms. The predicted molar refractivity (Wildman–Crippen MR) is 96.0 cm³/mol. The second-order valence-electron chi connectivity index (χ2n) is 6.30. The quantitative estimate of drug-likeness (QED) is 0.173. The smallest absolute Gasteiger partial charge is 0.431 e. The van der Waals surface area contributed by atoms with Crippen molar-refractivity contribution in [3.05, 3.63) is 0 Å². The summed E-state index contributed by atoms with van der Waals surface area (Å²) in [6.07, 6.45) is -9.72. The number of carbonyl (C=O) groups is 3. The molecule has 0 bridgehead atoms. The molecular weight excluding hydrogens is 410 g/mol. The number of aliphatic hydroxyl groups is 4. The minimum atomic E-state index is -1.95. The Balaban J connectivity index is 2.79. The third-order valence-corrected chi connectivity index (χ3v) is 4.14. The van der Waals surface area contributed by atoms with Crippen LogP contribution in [0.25, 0.3) is 0 Å². The molecule has 1 aliphatic rings. The van der Waals surface area contributed by atoms with Crippen LogP contribution < -0.4 is 0 Å². The molecule has 1 rings (SSSR count). The second-order valence-corrected chi connectivity index (χ2v) is 6.30. The highest BCUT2D eigenvalue weighted by atomic mass is 16.8. The van der Waals surface area contributed by atoms with Gasteiger partial charge in [-0.05, 0) is 6.42 Å². The Bertz CT molecular complexity index is 559. The van der Waals surface area contributed by atoms with Gasteiger partial charge in [-0.15, -0.1) is 0 Å². The Morgan fingerprint density at radius 1 is 1.03 bits per heavy atom. The van der Waals surface area contributed by atoms with Crippen molar-refractivity contribution >= 4 is 18.2 Å². The number of carbonyl (C=O) groups excluding carboxylic acids is 3. The van der Waals surface area contributed by atoms with Crippen molar-refractivity contribution in [2.45, 2.75) is 50.4 Å². The lowest BCUT2D eigenvalue weighted by atomic mass is 9.95. The number of hydrogen-bond acceptors (Lipinski definition) is 12. The standard InChI is InChI=1S/C17H29NO12/c1-3-4-11(20)18(12-14(22)13(21)10(9-19)29-15(12)23)16(24)30-17(25)28-8-7-27-6-5-26-2/h10,12-15,19,21-23H,3-9H2,1-2H3/t10-,12-,13-,14-,15?/m1/s1. The van der Waals surface area contributed by atoms with E-state index in [-0.39, 0.29) is 26.2 Å². The normalized spacial score (nSPS) is 26.1. The van der Waals surface area contributed by atoms with Crippen LogP contribution in [0.4, 0.5) is 9.59 Å². The summed E-state index contributed by atoms with van der Waals surface area (Å²) >= 11 is 0. The minimum absolute atomic E-state index is 0.00770. The first-order chi connectivity index (χ1) is 14.3. The zero-order chi connectivity index (χ0) is 22.7. The van der Waals surface area contributed by atoms with E-state index in [1.807, 2.05) is 0 Å². The molecule has 5 atom stereocenters. The van der Waals surface area contributed by atoms with Crippen molar-refractivity contribution in [1.82, 2.24) is 4.90 Å². The molecular formula is C17H29NO12. The minimum Gasteiger partial charge on any atom is -0.431 e. The summed E-state index contributed by atoms with van der Waals surface area (Å²) in [6.45, 7) is 1.28. The molecule has 1 heterocycles. The number of imide groups is 1. The second kappa shape index (κ2) is 13.4. The van der Waals surface area contributed by atoms with Gasteiger partial charge in [-0.3, -0.25) is 4.79 Å². The highest BCUT2D eigenvalue weighted by Gasteiger charge is 2.50. The molecule has 0 aromatic carbocycles. The first kappa shape index (κ1) is 26.2. The maximum Gasteiger partial charge on any atom is 0.517 e. The zero-order valence-electron chi connectivity index (χ0n) is 16.8. The molecule has 30 heavy (non-hydrogen) atoms. The molecule has 13 nitrogen and oxygen atoms in total. The Morgan fingerprint density at radius 2 is 1.70 bits per heavy atom. The molecule has 4 N–H and O–H groups in total. The number of nitrogens with zero attached hydrogens (tertiary/aromatic N) is 1. The van der Waals surface area contributed by atoms with Crippen LogP contribution in [0.2, 0.25) is 0 Å². The van der Waals surface area contributed by atoms with Crippen molar-refractivity contribution in [3.63, 3.8) is 0 Å². The summed E-state index contributed by atoms with van der Waals surface area (Å²) in [5, 5.41) is 39.5. The zero-order valence-corrected chi connectivity index (χ0v) is 16.8. The summed E-state index contributed by atoms with van der Waals surface area (Å²) < 4.78 is 23.9. The molecule has 1 fully saturated rings. The van der Waals surface area contributed by atoms with Crippen molar-refractivity contribution in [3.8, 4) is 0 Å². The number of methoxy groups -OCH3 is 1. The van der Waals surface area contributed by atoms with Gasteiger partial charge in [0.2, 0.25) is 5.91 Å². The van der Waals surface area contributed by atoms with Crippen molar-refractivity contribution < 1.29 is 58.5 Å². The van der Waals surface area contributed by atoms with Crippen LogP contribution in [0.5, 0.6) is 0 Å². The van der Waals surface area contributed by atoms with Crippen LogP contribution in [-0.2, 0) is 28.5 Å². The molecule has 0 aromatic heterocycles. The van der Waals surface area contributed by atoms with E-state index in [1.54, 1.807) is 6.92 Å². The number of hydrogen-bond donors (Lipinski definition) is 4. The summed E-state index contributed by atoms with van der Waals surface area (Å²) in [4.78, 5) is 36.8. The average Bonchev–Trinajstić information content (AvgIpc) is 2.70. The third kappa shape index (κ3) is 7.43. The van der Waals surface area contributed by atoms with E-state index in [0.717, 1.165) is 0 Å². The topological polar surface area (TPSA) is 182 Å². The van der Waals surface area contributed by atoms with E-state index in [1.165, 1.54) is 7.11 Å². The Kier molecular flexibility index (Phi) is 11.7. The highest BCUT2D eigenvalue weighted by molar-refractivity contribution is 5.95. The first-order valence-corrected chi connectivity index (χ1v) is 9.36. The molecule has 0 radical (unpaired) electrons. The van der Waals surface area contributed by atoms with E-state index in [0.29, 0.717) is 17.9 Å². The number of amides is 2. The lowest BCUT2D eigenvalue weighted by Gasteiger charge is -2.43. The van der Waals surface area contributed by atoms with Gasteiger partial charge in [0.15, 0.2) is 6.29 Å². The monoisotopic (exact) mass is 439 g/mol. The fraction of sp³-hybridized carbons (Fsp3) is 0.824. The van der Waals surface area contributed by atoms with Gasteiger partial charge in [-0.1, -0.05) is 6.92 Å². The van der Waals surface area contributed by atoms with Gasteiger partial charge < -0.3 is 44.1 Å². The Labute approximate surface area is 173 Å². The molecule has 0 saturated carbocycles. The number of aliphatic hydroxyl groups excluding tert-OH is 4. The van der Waals surface area contributed by atoms with Crippen LogP contribution in [0, 0.1) is 0 Å². The van der Waals surface area contributed by atoms with E-state index >= 15 is 0 Å². The van der Waals surface area contributed by atoms with Crippen LogP contribution >= 0.6 is 0 Å². The molecule has 1 unspecified atom stereocenters. The van der Waals surface area contributed by atoms with Gasteiger partial charge in [0, 0.05) is 13.5 Å². The molecule has 0 aliphatic carbocycles. The molecule has 2 amide bonds. The summed E-state index contributed by atoms with van der Waals surface area (Å²) in [6, 6.07) is -1.78. The first-order valence-electron chi connectivity index (χ1n) is 9.36. The summed E-state index contributed by atoms with van der Waals surface area (Å²) in [7, 11) is 1.49. The molecule has 13 heteroatoms. The van der Waals surface area contributed by atoms with Crippen molar-refractivity contribution in [1.29, 1.82) is 0 Å².